The van der Waals surface area contributed by atoms with Gasteiger partial charge in [0.1, 0.15) is 5.82 Å². The standard InChI is InChI=1S/C11H15N3/c1-4-10-13-8(2)11-9(12-3)6-5-7-14(10)11/h5-7,12H,4H2,1-3H3. The van der Waals surface area contributed by atoms with Crippen LogP contribution in [0.5, 0.6) is 0 Å². The molecule has 0 saturated carbocycles. The molecule has 0 saturated heterocycles. The lowest BCUT2D eigenvalue weighted by Gasteiger charge is -2.04. The van der Waals surface area contributed by atoms with Gasteiger partial charge in [0.15, 0.2) is 0 Å². The highest BCUT2D eigenvalue weighted by Crippen LogP contribution is 2.21. The van der Waals surface area contributed by atoms with Gasteiger partial charge >= 0.3 is 0 Å². The van der Waals surface area contributed by atoms with Crippen LogP contribution < -0.4 is 5.32 Å². The van der Waals surface area contributed by atoms with Crippen LogP contribution >= 0.6 is 0 Å². The maximum atomic E-state index is 4.54. The van der Waals surface area contributed by atoms with Crippen LogP contribution in [0, 0.1) is 6.92 Å². The van der Waals surface area contributed by atoms with E-state index in [1.54, 1.807) is 0 Å². The fraction of sp³-hybridized carbons (Fsp3) is 0.364. The molecule has 0 aliphatic heterocycles. The fourth-order valence-corrected chi connectivity index (χ4v) is 1.84. The number of rotatable bonds is 2. The van der Waals surface area contributed by atoms with Crippen LogP contribution in [0.3, 0.4) is 0 Å². The molecule has 0 aliphatic rings. The van der Waals surface area contributed by atoms with Crippen LogP contribution in [-0.4, -0.2) is 16.4 Å². The number of aryl methyl sites for hydroxylation is 2. The molecule has 14 heavy (non-hydrogen) atoms. The van der Waals surface area contributed by atoms with Gasteiger partial charge in [-0.05, 0) is 19.1 Å². The highest BCUT2D eigenvalue weighted by atomic mass is 15.0. The van der Waals surface area contributed by atoms with Gasteiger partial charge < -0.3 is 9.72 Å². The van der Waals surface area contributed by atoms with E-state index in [0.29, 0.717) is 0 Å². The van der Waals surface area contributed by atoms with Crippen LogP contribution in [0.15, 0.2) is 18.3 Å². The van der Waals surface area contributed by atoms with Crippen molar-refractivity contribution in [2.75, 3.05) is 12.4 Å². The minimum atomic E-state index is 0.960. The van der Waals surface area contributed by atoms with Crippen molar-refractivity contribution in [3.05, 3.63) is 29.8 Å². The van der Waals surface area contributed by atoms with Gasteiger partial charge in [0.2, 0.25) is 0 Å². The molecule has 2 aromatic heterocycles. The predicted octanol–water partition coefficient (Wildman–Crippen LogP) is 2.25. The SMILES string of the molecule is CCc1nc(C)c2c(NC)cccn12. The zero-order valence-corrected chi connectivity index (χ0v) is 8.83. The first-order valence-electron chi connectivity index (χ1n) is 4.92. The quantitative estimate of drug-likeness (QED) is 0.785. The number of hydrogen-bond donors (Lipinski definition) is 1. The number of aromatic nitrogens is 2. The summed E-state index contributed by atoms with van der Waals surface area (Å²) in [5, 5.41) is 3.19. The molecule has 1 N–H and O–H groups in total. The summed E-state index contributed by atoms with van der Waals surface area (Å²) in [4.78, 5) is 4.54. The van der Waals surface area contributed by atoms with Gasteiger partial charge in [0, 0.05) is 19.7 Å². The van der Waals surface area contributed by atoms with Gasteiger partial charge in [-0.25, -0.2) is 4.98 Å². The molecular weight excluding hydrogens is 174 g/mol. The zero-order chi connectivity index (χ0) is 10.1. The number of hydrogen-bond acceptors (Lipinski definition) is 2. The molecule has 0 amide bonds. The molecule has 0 unspecified atom stereocenters. The molecule has 0 bridgehead atoms. The highest BCUT2D eigenvalue weighted by Gasteiger charge is 2.08. The number of pyridine rings is 1. The fourth-order valence-electron chi connectivity index (χ4n) is 1.84. The zero-order valence-electron chi connectivity index (χ0n) is 8.83. The Kier molecular flexibility index (Phi) is 2.15. The molecule has 3 nitrogen and oxygen atoms in total. The molecule has 0 fully saturated rings. The summed E-state index contributed by atoms with van der Waals surface area (Å²) in [7, 11) is 1.94. The van der Waals surface area contributed by atoms with Crippen molar-refractivity contribution in [3.8, 4) is 0 Å². The van der Waals surface area contributed by atoms with Crippen molar-refractivity contribution in [1.29, 1.82) is 0 Å². The summed E-state index contributed by atoms with van der Waals surface area (Å²) >= 11 is 0. The van der Waals surface area contributed by atoms with Gasteiger partial charge in [-0.15, -0.1) is 0 Å². The Balaban J connectivity index is 2.81. The van der Waals surface area contributed by atoms with Crippen LogP contribution in [0.2, 0.25) is 0 Å². The van der Waals surface area contributed by atoms with Crippen molar-refractivity contribution in [2.45, 2.75) is 20.3 Å². The first-order chi connectivity index (χ1) is 6.77. The van der Waals surface area contributed by atoms with Crippen molar-refractivity contribution in [1.82, 2.24) is 9.38 Å². The van der Waals surface area contributed by atoms with E-state index < -0.39 is 0 Å². The molecule has 0 atom stereocenters. The highest BCUT2D eigenvalue weighted by molar-refractivity contribution is 5.74. The van der Waals surface area contributed by atoms with Crippen LogP contribution in [0.1, 0.15) is 18.4 Å². The number of fused-ring (bicyclic) bond motifs is 1. The lowest BCUT2D eigenvalue weighted by atomic mass is 10.3. The summed E-state index contributed by atoms with van der Waals surface area (Å²) in [5.41, 5.74) is 3.41. The minimum absolute atomic E-state index is 0.960. The smallest absolute Gasteiger partial charge is 0.113 e. The van der Waals surface area contributed by atoms with Crippen LogP contribution in [0.25, 0.3) is 5.52 Å². The molecule has 0 aromatic carbocycles. The average Bonchev–Trinajstić information content (AvgIpc) is 2.55. The first kappa shape index (κ1) is 9.06. The van der Waals surface area contributed by atoms with E-state index in [4.69, 9.17) is 0 Å². The van der Waals surface area contributed by atoms with Gasteiger partial charge in [0.25, 0.3) is 0 Å². The molecular formula is C11H15N3. The summed E-state index contributed by atoms with van der Waals surface area (Å²) < 4.78 is 2.15. The van der Waals surface area contributed by atoms with Gasteiger partial charge in [-0.3, -0.25) is 0 Å². The molecule has 3 heteroatoms. The molecule has 2 rings (SSSR count). The van der Waals surface area contributed by atoms with E-state index in [-0.39, 0.29) is 0 Å². The Hall–Kier alpha value is -1.51. The van der Waals surface area contributed by atoms with Gasteiger partial charge in [-0.2, -0.15) is 0 Å². The Bertz CT molecular complexity index is 457. The van der Waals surface area contributed by atoms with E-state index in [0.717, 1.165) is 23.6 Å². The summed E-state index contributed by atoms with van der Waals surface area (Å²) in [6.45, 7) is 4.18. The van der Waals surface area contributed by atoms with E-state index in [9.17, 15) is 0 Å². The minimum Gasteiger partial charge on any atom is -0.386 e. The molecule has 2 aromatic rings. The second-order valence-corrected chi connectivity index (χ2v) is 3.36. The monoisotopic (exact) mass is 189 g/mol. The Morgan fingerprint density at radius 1 is 1.50 bits per heavy atom. The predicted molar refractivity (Wildman–Crippen MR) is 58.9 cm³/mol. The molecule has 0 radical (unpaired) electrons. The third kappa shape index (κ3) is 1.16. The third-order valence-corrected chi connectivity index (χ3v) is 2.50. The molecule has 0 spiro atoms. The van der Waals surface area contributed by atoms with Crippen molar-refractivity contribution in [2.24, 2.45) is 0 Å². The Morgan fingerprint density at radius 2 is 2.29 bits per heavy atom. The van der Waals surface area contributed by atoms with Crippen molar-refractivity contribution >= 4 is 11.2 Å². The Labute approximate surface area is 83.8 Å². The number of anilines is 1. The summed E-state index contributed by atoms with van der Waals surface area (Å²) in [6.07, 6.45) is 3.02. The second-order valence-electron chi connectivity index (χ2n) is 3.36. The Morgan fingerprint density at radius 3 is 2.93 bits per heavy atom. The van der Waals surface area contributed by atoms with E-state index in [2.05, 4.69) is 40.8 Å². The van der Waals surface area contributed by atoms with E-state index in [1.807, 2.05) is 13.1 Å². The number of nitrogens with one attached hydrogen (secondary N) is 1. The summed E-state index contributed by atoms with van der Waals surface area (Å²) in [6, 6.07) is 4.11. The lowest BCUT2D eigenvalue weighted by molar-refractivity contribution is 0.929. The maximum absolute atomic E-state index is 4.54. The summed E-state index contributed by atoms with van der Waals surface area (Å²) in [5.74, 6) is 1.12. The molecule has 74 valence electrons. The van der Waals surface area contributed by atoms with E-state index in [1.165, 1.54) is 5.52 Å². The second kappa shape index (κ2) is 3.33. The average molecular weight is 189 g/mol. The first-order valence-corrected chi connectivity index (χ1v) is 4.92. The third-order valence-electron chi connectivity index (χ3n) is 2.50. The van der Waals surface area contributed by atoms with Gasteiger partial charge in [-0.1, -0.05) is 6.92 Å². The maximum Gasteiger partial charge on any atom is 0.113 e. The van der Waals surface area contributed by atoms with Crippen LogP contribution in [0.4, 0.5) is 5.69 Å². The number of nitrogens with zero attached hydrogens (tertiary/aromatic N) is 2. The number of imidazole rings is 1. The molecule has 0 aliphatic carbocycles. The largest absolute Gasteiger partial charge is 0.386 e. The molecule has 2 heterocycles. The van der Waals surface area contributed by atoms with Crippen LogP contribution in [-0.2, 0) is 6.42 Å². The normalized spacial score (nSPS) is 10.8. The van der Waals surface area contributed by atoms with Crippen molar-refractivity contribution in [3.63, 3.8) is 0 Å². The topological polar surface area (TPSA) is 29.3 Å². The lowest BCUT2D eigenvalue weighted by Crippen LogP contribution is -1.95. The van der Waals surface area contributed by atoms with E-state index >= 15 is 0 Å². The van der Waals surface area contributed by atoms with Gasteiger partial charge in [0.05, 0.1) is 16.9 Å². The van der Waals surface area contributed by atoms with Crippen molar-refractivity contribution < 1.29 is 0 Å².